The second kappa shape index (κ2) is 6.64. The number of amides is 2. The van der Waals surface area contributed by atoms with Gasteiger partial charge < -0.3 is 14.2 Å². The molecule has 124 valence electrons. The first kappa shape index (κ1) is 19.7. The van der Waals surface area contributed by atoms with Crippen molar-refractivity contribution in [3.63, 3.8) is 0 Å². The van der Waals surface area contributed by atoms with Crippen molar-refractivity contribution in [2.24, 2.45) is 0 Å². The van der Waals surface area contributed by atoms with E-state index in [1.54, 1.807) is 55.4 Å². The first-order valence-corrected chi connectivity index (χ1v) is 6.95. The summed E-state index contributed by atoms with van der Waals surface area (Å²) in [6.07, 6.45) is -1.50. The van der Waals surface area contributed by atoms with E-state index in [9.17, 15) is 9.59 Å². The third-order valence-corrected chi connectivity index (χ3v) is 2.32. The van der Waals surface area contributed by atoms with E-state index in [2.05, 4.69) is 0 Å². The molecule has 0 unspecified atom stereocenters. The molecule has 6 nitrogen and oxygen atoms in total. The highest BCUT2D eigenvalue weighted by Crippen LogP contribution is 2.18. The van der Waals surface area contributed by atoms with Crippen LogP contribution >= 0.6 is 0 Å². The van der Waals surface area contributed by atoms with Crippen LogP contribution in [0.4, 0.5) is 9.59 Å². The van der Waals surface area contributed by atoms with Crippen molar-refractivity contribution in [1.82, 2.24) is 4.90 Å². The zero-order chi connectivity index (χ0) is 17.1. The predicted octanol–water partition coefficient (Wildman–Crippen LogP) is 3.58. The number of hydrogen-bond donors (Lipinski definition) is 0. The Hall–Kier alpha value is -1.30. The number of imide groups is 1. The molecule has 0 aromatic heterocycles. The fourth-order valence-corrected chi connectivity index (χ4v) is 1.28. The summed E-state index contributed by atoms with van der Waals surface area (Å²) in [5, 5.41) is 0. The van der Waals surface area contributed by atoms with E-state index < -0.39 is 29.0 Å². The van der Waals surface area contributed by atoms with E-state index >= 15 is 0 Å². The third kappa shape index (κ3) is 8.55. The molecule has 0 rings (SSSR count). The Balaban J connectivity index is 5.19. The first-order chi connectivity index (χ1) is 9.17. The molecule has 0 aromatic carbocycles. The SMILES string of the molecule is COC(C)(C)CN(C(=O)OC(C)(C)C)C(=O)OC(C)(C)C. The van der Waals surface area contributed by atoms with Crippen LogP contribution in [0.5, 0.6) is 0 Å². The summed E-state index contributed by atoms with van der Waals surface area (Å²) in [4.78, 5) is 25.4. The van der Waals surface area contributed by atoms with Gasteiger partial charge in [-0.3, -0.25) is 0 Å². The Morgan fingerprint density at radius 1 is 0.810 bits per heavy atom. The maximum Gasteiger partial charge on any atom is 0.419 e. The Morgan fingerprint density at radius 3 is 1.38 bits per heavy atom. The Morgan fingerprint density at radius 2 is 1.14 bits per heavy atom. The maximum atomic E-state index is 12.2. The second-order valence-corrected chi connectivity index (χ2v) is 7.51. The van der Waals surface area contributed by atoms with Crippen LogP contribution in [0, 0.1) is 0 Å². The number of rotatable bonds is 3. The van der Waals surface area contributed by atoms with Gasteiger partial charge in [-0.15, -0.1) is 0 Å². The summed E-state index contributed by atoms with van der Waals surface area (Å²) in [5.74, 6) is 0. The summed E-state index contributed by atoms with van der Waals surface area (Å²) in [6, 6.07) is 0. The van der Waals surface area contributed by atoms with Gasteiger partial charge in [0.15, 0.2) is 0 Å². The smallest absolute Gasteiger partial charge is 0.419 e. The topological polar surface area (TPSA) is 65.1 Å². The molecule has 0 heterocycles. The lowest BCUT2D eigenvalue weighted by molar-refractivity contribution is -0.0341. The lowest BCUT2D eigenvalue weighted by Gasteiger charge is -2.33. The molecule has 0 aliphatic carbocycles. The molecule has 0 spiro atoms. The molecule has 21 heavy (non-hydrogen) atoms. The van der Waals surface area contributed by atoms with E-state index in [-0.39, 0.29) is 6.54 Å². The van der Waals surface area contributed by atoms with Crippen LogP contribution in [0.25, 0.3) is 0 Å². The molecular weight excluding hydrogens is 274 g/mol. The highest BCUT2D eigenvalue weighted by Gasteiger charge is 2.35. The van der Waals surface area contributed by atoms with Crippen LogP contribution in [0.1, 0.15) is 55.4 Å². The number of ether oxygens (including phenoxy) is 3. The molecule has 0 radical (unpaired) electrons. The van der Waals surface area contributed by atoms with Crippen LogP contribution in [0.2, 0.25) is 0 Å². The van der Waals surface area contributed by atoms with Crippen LogP contribution in [-0.4, -0.2) is 47.5 Å². The van der Waals surface area contributed by atoms with Gasteiger partial charge in [-0.2, -0.15) is 0 Å². The molecule has 0 saturated carbocycles. The fraction of sp³-hybridized carbons (Fsp3) is 0.867. The number of carbonyl (C=O) groups is 2. The van der Waals surface area contributed by atoms with E-state index in [1.807, 2.05) is 0 Å². The molecule has 0 aliphatic heterocycles. The number of hydrogen-bond acceptors (Lipinski definition) is 5. The van der Waals surface area contributed by atoms with Crippen LogP contribution in [0.15, 0.2) is 0 Å². The third-order valence-electron chi connectivity index (χ3n) is 2.32. The number of methoxy groups -OCH3 is 1. The molecule has 0 atom stereocenters. The van der Waals surface area contributed by atoms with Gasteiger partial charge >= 0.3 is 12.2 Å². The van der Waals surface area contributed by atoms with E-state index in [4.69, 9.17) is 14.2 Å². The van der Waals surface area contributed by atoms with Crippen molar-refractivity contribution < 1.29 is 23.8 Å². The quantitative estimate of drug-likeness (QED) is 0.797. The molecule has 0 saturated heterocycles. The van der Waals surface area contributed by atoms with Crippen molar-refractivity contribution in [3.8, 4) is 0 Å². The second-order valence-electron chi connectivity index (χ2n) is 7.51. The van der Waals surface area contributed by atoms with Crippen molar-refractivity contribution in [3.05, 3.63) is 0 Å². The van der Waals surface area contributed by atoms with Crippen LogP contribution in [-0.2, 0) is 14.2 Å². The van der Waals surface area contributed by atoms with Crippen LogP contribution in [0.3, 0.4) is 0 Å². The highest BCUT2D eigenvalue weighted by atomic mass is 16.6. The minimum atomic E-state index is -0.748. The van der Waals surface area contributed by atoms with Gasteiger partial charge in [-0.05, 0) is 55.4 Å². The standard InChI is InChI=1S/C15H29NO5/c1-13(2,3)20-11(17)16(10-15(7,8)19-9)12(18)21-14(4,5)6/h10H2,1-9H3. The summed E-state index contributed by atoms with van der Waals surface area (Å²) >= 11 is 0. The Kier molecular flexibility index (Phi) is 6.23. The first-order valence-electron chi connectivity index (χ1n) is 6.95. The van der Waals surface area contributed by atoms with Gasteiger partial charge in [0.1, 0.15) is 11.2 Å². The Bertz CT molecular complexity index is 349. The molecule has 0 aliphatic rings. The van der Waals surface area contributed by atoms with Crippen molar-refractivity contribution >= 4 is 12.2 Å². The van der Waals surface area contributed by atoms with Gasteiger partial charge in [0.05, 0.1) is 12.1 Å². The summed E-state index contributed by atoms with van der Waals surface area (Å²) in [7, 11) is 1.52. The molecule has 6 heteroatoms. The minimum Gasteiger partial charge on any atom is -0.443 e. The van der Waals surface area contributed by atoms with Crippen molar-refractivity contribution in [2.45, 2.75) is 72.2 Å². The molecular formula is C15H29NO5. The lowest BCUT2D eigenvalue weighted by atomic mass is 10.1. The monoisotopic (exact) mass is 303 g/mol. The van der Waals surface area contributed by atoms with Gasteiger partial charge in [-0.25, -0.2) is 14.5 Å². The average Bonchev–Trinajstić information content (AvgIpc) is 2.21. The zero-order valence-electron chi connectivity index (χ0n) is 14.7. The lowest BCUT2D eigenvalue weighted by Crippen LogP contribution is -2.49. The molecule has 0 bridgehead atoms. The van der Waals surface area contributed by atoms with E-state index in [0.29, 0.717) is 0 Å². The molecule has 0 aromatic rings. The van der Waals surface area contributed by atoms with E-state index in [0.717, 1.165) is 4.90 Å². The average molecular weight is 303 g/mol. The summed E-state index contributed by atoms with van der Waals surface area (Å²) < 4.78 is 15.8. The van der Waals surface area contributed by atoms with Crippen molar-refractivity contribution in [1.29, 1.82) is 0 Å². The zero-order valence-corrected chi connectivity index (χ0v) is 14.7. The van der Waals surface area contributed by atoms with Gasteiger partial charge in [0, 0.05) is 7.11 Å². The Labute approximate surface area is 127 Å². The predicted molar refractivity (Wildman–Crippen MR) is 80.3 cm³/mol. The minimum absolute atomic E-state index is 0.0350. The summed E-state index contributed by atoms with van der Waals surface area (Å²) in [6.45, 7) is 14.0. The molecule has 2 amide bonds. The molecule has 0 fully saturated rings. The van der Waals surface area contributed by atoms with Crippen molar-refractivity contribution in [2.75, 3.05) is 13.7 Å². The maximum absolute atomic E-state index is 12.2. The highest BCUT2D eigenvalue weighted by molar-refractivity contribution is 5.88. The van der Waals surface area contributed by atoms with E-state index in [1.165, 1.54) is 7.11 Å². The number of nitrogens with zero attached hydrogens (tertiary/aromatic N) is 1. The largest absolute Gasteiger partial charge is 0.443 e. The summed E-state index contributed by atoms with van der Waals surface area (Å²) in [5.41, 5.74) is -2.10. The van der Waals surface area contributed by atoms with Gasteiger partial charge in [-0.1, -0.05) is 0 Å². The van der Waals surface area contributed by atoms with Gasteiger partial charge in [0.25, 0.3) is 0 Å². The van der Waals surface area contributed by atoms with Crippen LogP contribution < -0.4 is 0 Å². The number of carbonyl (C=O) groups excluding carboxylic acids is 2. The fourth-order valence-electron chi connectivity index (χ4n) is 1.28. The molecule has 0 N–H and O–H groups in total. The normalized spacial score (nSPS) is 12.8. The van der Waals surface area contributed by atoms with Gasteiger partial charge in [0.2, 0.25) is 0 Å².